The summed E-state index contributed by atoms with van der Waals surface area (Å²) in [6.45, 7) is 5.93. The molecule has 0 aliphatic heterocycles. The molecule has 0 aliphatic rings. The van der Waals surface area contributed by atoms with E-state index in [0.29, 0.717) is 30.9 Å². The highest BCUT2D eigenvalue weighted by Crippen LogP contribution is 2.18. The summed E-state index contributed by atoms with van der Waals surface area (Å²) in [5.74, 6) is 0.529. The third kappa shape index (κ3) is 7.66. The summed E-state index contributed by atoms with van der Waals surface area (Å²) in [5.41, 5.74) is 3.30. The first kappa shape index (κ1) is 24.8. The van der Waals surface area contributed by atoms with Gasteiger partial charge in [-0.2, -0.15) is 0 Å². The smallest absolute Gasteiger partial charge is 0.253 e. The van der Waals surface area contributed by atoms with Gasteiger partial charge in [0, 0.05) is 36.1 Å². The fourth-order valence-corrected chi connectivity index (χ4v) is 3.62. The summed E-state index contributed by atoms with van der Waals surface area (Å²) in [6.07, 6.45) is 1.88. The van der Waals surface area contributed by atoms with Gasteiger partial charge in [0.15, 0.2) is 0 Å². The Morgan fingerprint density at radius 3 is 2.35 bits per heavy atom. The minimum Gasteiger partial charge on any atom is -0.494 e. The number of amides is 2. The average molecular weight is 460 g/mol. The second-order valence-electron chi connectivity index (χ2n) is 7.93. The van der Waals surface area contributed by atoms with Crippen molar-refractivity contribution in [1.29, 1.82) is 0 Å². The zero-order valence-corrected chi connectivity index (χ0v) is 19.9. The van der Waals surface area contributed by atoms with Crippen LogP contribution < -0.4 is 15.4 Å². The molecule has 0 saturated heterocycles. The van der Waals surface area contributed by atoms with Crippen LogP contribution in [0.25, 0.3) is 0 Å². The molecule has 0 saturated carbocycles. The number of nitrogens with one attached hydrogen (secondary N) is 2. The van der Waals surface area contributed by atoms with Gasteiger partial charge in [0.1, 0.15) is 5.75 Å². The molecule has 0 radical (unpaired) electrons. The van der Waals surface area contributed by atoms with Gasteiger partial charge in [-0.15, -0.1) is 0 Å². The van der Waals surface area contributed by atoms with E-state index in [9.17, 15) is 9.59 Å². The topological polar surface area (TPSA) is 70.7 Å². The predicted octanol–water partition coefficient (Wildman–Crippen LogP) is 5.23. The molecule has 0 heterocycles. The number of ether oxygens (including phenoxy) is 1. The summed E-state index contributed by atoms with van der Waals surface area (Å²) in [4.78, 5) is 26.8. The average Bonchev–Trinajstić information content (AvgIpc) is 2.87. The van der Waals surface area contributed by atoms with Crippen LogP contribution in [0.4, 0.5) is 11.4 Å². The van der Waals surface area contributed by atoms with Crippen LogP contribution in [0.2, 0.25) is 0 Å². The Morgan fingerprint density at radius 1 is 0.853 bits per heavy atom. The van der Waals surface area contributed by atoms with Crippen molar-refractivity contribution in [2.75, 3.05) is 36.9 Å². The van der Waals surface area contributed by atoms with Crippen molar-refractivity contribution in [1.82, 2.24) is 4.90 Å². The Labute approximate surface area is 201 Å². The molecule has 3 aromatic rings. The van der Waals surface area contributed by atoms with E-state index in [1.807, 2.05) is 68.4 Å². The minimum atomic E-state index is -0.179. The third-order valence-corrected chi connectivity index (χ3v) is 5.45. The second kappa shape index (κ2) is 13.0. The SMILES string of the molecule is CCN(CC)C(=O)c1cccc(NCC(=O)Nc2cccc(OCCCc3ccccc3)c2)c1. The summed E-state index contributed by atoms with van der Waals surface area (Å²) in [6, 6.07) is 24.9. The maximum Gasteiger partial charge on any atom is 0.253 e. The van der Waals surface area contributed by atoms with Crippen LogP contribution in [-0.2, 0) is 11.2 Å². The molecule has 6 heteroatoms. The number of carbonyl (C=O) groups excluding carboxylic acids is 2. The van der Waals surface area contributed by atoms with E-state index >= 15 is 0 Å². The normalized spacial score (nSPS) is 10.4. The lowest BCUT2D eigenvalue weighted by atomic mass is 10.1. The van der Waals surface area contributed by atoms with Crippen molar-refractivity contribution in [2.45, 2.75) is 26.7 Å². The number of benzene rings is 3. The maximum atomic E-state index is 12.5. The quantitative estimate of drug-likeness (QED) is 0.364. The molecule has 2 amide bonds. The van der Waals surface area contributed by atoms with E-state index in [2.05, 4.69) is 22.8 Å². The molecule has 0 aromatic heterocycles. The van der Waals surface area contributed by atoms with Gasteiger partial charge in [-0.3, -0.25) is 9.59 Å². The Hall–Kier alpha value is -3.80. The Kier molecular flexibility index (Phi) is 9.52. The van der Waals surface area contributed by atoms with E-state index in [0.717, 1.165) is 24.3 Å². The first-order valence-electron chi connectivity index (χ1n) is 11.8. The van der Waals surface area contributed by atoms with E-state index in [-0.39, 0.29) is 18.4 Å². The highest BCUT2D eigenvalue weighted by molar-refractivity contribution is 5.96. The van der Waals surface area contributed by atoms with E-state index < -0.39 is 0 Å². The molecule has 0 unspecified atom stereocenters. The Balaban J connectivity index is 1.46. The fourth-order valence-electron chi connectivity index (χ4n) is 3.62. The first-order valence-corrected chi connectivity index (χ1v) is 11.8. The monoisotopic (exact) mass is 459 g/mol. The van der Waals surface area contributed by atoms with Crippen molar-refractivity contribution in [3.05, 3.63) is 90.0 Å². The van der Waals surface area contributed by atoms with Crippen molar-refractivity contribution in [3.63, 3.8) is 0 Å². The van der Waals surface area contributed by atoms with Crippen LogP contribution in [0.15, 0.2) is 78.9 Å². The molecule has 0 atom stereocenters. The number of hydrogen-bond donors (Lipinski definition) is 2. The summed E-state index contributed by atoms with van der Waals surface area (Å²) < 4.78 is 5.85. The molecule has 3 aromatic carbocycles. The highest BCUT2D eigenvalue weighted by Gasteiger charge is 2.13. The molecule has 0 spiro atoms. The van der Waals surface area contributed by atoms with Crippen molar-refractivity contribution in [3.8, 4) is 5.75 Å². The summed E-state index contributed by atoms with van der Waals surface area (Å²) in [5, 5.41) is 5.98. The minimum absolute atomic E-state index is 0.0151. The number of rotatable bonds is 12. The lowest BCUT2D eigenvalue weighted by Crippen LogP contribution is -2.30. The van der Waals surface area contributed by atoms with E-state index in [4.69, 9.17) is 4.74 Å². The van der Waals surface area contributed by atoms with Crippen molar-refractivity contribution in [2.24, 2.45) is 0 Å². The molecule has 0 aliphatic carbocycles. The van der Waals surface area contributed by atoms with Gasteiger partial charge in [0.05, 0.1) is 13.2 Å². The molecule has 0 bridgehead atoms. The van der Waals surface area contributed by atoms with Crippen LogP contribution >= 0.6 is 0 Å². The molecule has 34 heavy (non-hydrogen) atoms. The predicted molar refractivity (Wildman–Crippen MR) is 138 cm³/mol. The lowest BCUT2D eigenvalue weighted by molar-refractivity contribution is -0.114. The van der Waals surface area contributed by atoms with Crippen LogP contribution in [0, 0.1) is 0 Å². The number of carbonyl (C=O) groups is 2. The largest absolute Gasteiger partial charge is 0.494 e. The van der Waals surface area contributed by atoms with Crippen LogP contribution in [0.1, 0.15) is 36.2 Å². The summed E-state index contributed by atoms with van der Waals surface area (Å²) in [7, 11) is 0. The summed E-state index contributed by atoms with van der Waals surface area (Å²) >= 11 is 0. The number of anilines is 2. The third-order valence-electron chi connectivity index (χ3n) is 5.45. The molecule has 6 nitrogen and oxygen atoms in total. The molecule has 2 N–H and O–H groups in total. The fraction of sp³-hybridized carbons (Fsp3) is 0.286. The highest BCUT2D eigenvalue weighted by atomic mass is 16.5. The molecule has 3 rings (SSSR count). The molecule has 178 valence electrons. The van der Waals surface area contributed by atoms with Gasteiger partial charge >= 0.3 is 0 Å². The van der Waals surface area contributed by atoms with Crippen LogP contribution in [0.5, 0.6) is 5.75 Å². The van der Waals surface area contributed by atoms with Gasteiger partial charge in [0.2, 0.25) is 5.91 Å². The Morgan fingerprint density at radius 2 is 1.59 bits per heavy atom. The molecule has 0 fully saturated rings. The maximum absolute atomic E-state index is 12.5. The van der Waals surface area contributed by atoms with Gasteiger partial charge in [-0.05, 0) is 62.6 Å². The van der Waals surface area contributed by atoms with Gasteiger partial charge < -0.3 is 20.3 Å². The molecular weight excluding hydrogens is 426 g/mol. The van der Waals surface area contributed by atoms with E-state index in [1.54, 1.807) is 17.0 Å². The van der Waals surface area contributed by atoms with Gasteiger partial charge in [0.25, 0.3) is 5.91 Å². The van der Waals surface area contributed by atoms with Crippen molar-refractivity contribution < 1.29 is 14.3 Å². The van der Waals surface area contributed by atoms with Crippen molar-refractivity contribution >= 4 is 23.2 Å². The number of nitrogens with zero attached hydrogens (tertiary/aromatic N) is 1. The second-order valence-corrected chi connectivity index (χ2v) is 7.93. The van der Waals surface area contributed by atoms with Crippen LogP contribution in [0.3, 0.4) is 0 Å². The first-order chi connectivity index (χ1) is 16.6. The zero-order chi connectivity index (χ0) is 24.2. The number of hydrogen-bond acceptors (Lipinski definition) is 4. The number of aryl methyl sites for hydroxylation is 1. The Bertz CT molecular complexity index is 1070. The van der Waals surface area contributed by atoms with E-state index in [1.165, 1.54) is 5.56 Å². The molecular formula is C28H33N3O3. The standard InChI is InChI=1S/C28H33N3O3/c1-3-31(4-2)28(33)23-14-8-15-24(19-23)29-21-27(32)30-25-16-9-17-26(20-25)34-18-10-13-22-11-6-5-7-12-22/h5-9,11-12,14-17,19-20,29H,3-4,10,13,18,21H2,1-2H3,(H,30,32). The van der Waals surface area contributed by atoms with Crippen LogP contribution in [-0.4, -0.2) is 43.0 Å². The lowest BCUT2D eigenvalue weighted by Gasteiger charge is -2.19. The van der Waals surface area contributed by atoms with Gasteiger partial charge in [-0.25, -0.2) is 0 Å². The zero-order valence-electron chi connectivity index (χ0n) is 19.9. The van der Waals surface area contributed by atoms with Gasteiger partial charge in [-0.1, -0.05) is 42.5 Å².